The van der Waals surface area contributed by atoms with Gasteiger partial charge in [0.05, 0.1) is 33.4 Å². The molecule has 0 saturated carbocycles. The lowest BCUT2D eigenvalue weighted by Gasteiger charge is -2.41. The number of aliphatic hydroxyl groups is 1. The molecule has 1 N–H and O–H groups in total. The maximum absolute atomic E-state index is 12.1. The van der Waals surface area contributed by atoms with Gasteiger partial charge in [0, 0.05) is 0 Å². The maximum Gasteiger partial charge on any atom is 0.308 e. The van der Waals surface area contributed by atoms with E-state index in [9.17, 15) is 9.90 Å². The molecule has 1 rings (SSSR count). The molecule has 7 heteroatoms. The summed E-state index contributed by atoms with van der Waals surface area (Å²) in [6.45, 7) is 14.5. The number of esters is 1. The number of hydrogen-bond acceptors (Lipinski definition) is 6. The lowest BCUT2D eigenvalue weighted by atomic mass is 10.0. The van der Waals surface area contributed by atoms with E-state index in [1.807, 2.05) is 24.3 Å². The number of benzene rings is 1. The van der Waals surface area contributed by atoms with E-state index < -0.39 is 32.6 Å². The van der Waals surface area contributed by atoms with Gasteiger partial charge in [-0.25, -0.2) is 0 Å². The molecular formula is C22H36O6Si. The van der Waals surface area contributed by atoms with E-state index >= 15 is 0 Å². The van der Waals surface area contributed by atoms with Gasteiger partial charge in [-0.15, -0.1) is 6.58 Å². The van der Waals surface area contributed by atoms with Gasteiger partial charge in [-0.3, -0.25) is 4.79 Å². The normalized spacial score (nSPS) is 15.3. The molecule has 0 aliphatic rings. The fourth-order valence-electron chi connectivity index (χ4n) is 2.50. The summed E-state index contributed by atoms with van der Waals surface area (Å²) < 4.78 is 22.5. The molecule has 0 fully saturated rings. The van der Waals surface area contributed by atoms with Crippen molar-refractivity contribution in [3.8, 4) is 5.75 Å². The predicted molar refractivity (Wildman–Crippen MR) is 116 cm³/mol. The Morgan fingerprint density at radius 1 is 1.21 bits per heavy atom. The summed E-state index contributed by atoms with van der Waals surface area (Å²) >= 11 is 0. The second kappa shape index (κ2) is 10.9. The van der Waals surface area contributed by atoms with Crippen molar-refractivity contribution in [2.24, 2.45) is 0 Å². The molecule has 3 atom stereocenters. The number of rotatable bonds is 11. The molecule has 0 radical (unpaired) electrons. The molecule has 0 saturated heterocycles. The Morgan fingerprint density at radius 2 is 1.79 bits per heavy atom. The molecule has 0 aromatic heterocycles. The van der Waals surface area contributed by atoms with Gasteiger partial charge in [0.2, 0.25) is 0 Å². The molecule has 1 aromatic carbocycles. The fraction of sp³-hybridized carbons (Fsp3) is 0.591. The van der Waals surface area contributed by atoms with Gasteiger partial charge in [0.15, 0.2) is 8.32 Å². The first-order valence-electron chi connectivity index (χ1n) is 9.75. The van der Waals surface area contributed by atoms with Crippen LogP contribution in [0.25, 0.3) is 0 Å². The molecule has 0 aliphatic carbocycles. The van der Waals surface area contributed by atoms with Crippen LogP contribution < -0.4 is 4.74 Å². The van der Waals surface area contributed by atoms with Crippen molar-refractivity contribution in [3.63, 3.8) is 0 Å². The first-order chi connectivity index (χ1) is 13.4. The number of methoxy groups -OCH3 is 2. The average molecular weight is 425 g/mol. The van der Waals surface area contributed by atoms with Crippen molar-refractivity contribution in [1.82, 2.24) is 0 Å². The molecule has 0 bridgehead atoms. The molecule has 0 amide bonds. The summed E-state index contributed by atoms with van der Waals surface area (Å²) in [5.41, 5.74) is 0.913. The first kappa shape index (κ1) is 25.4. The highest BCUT2D eigenvalue weighted by Crippen LogP contribution is 2.38. The Hall–Kier alpha value is -1.67. The van der Waals surface area contributed by atoms with Crippen molar-refractivity contribution in [3.05, 3.63) is 42.5 Å². The van der Waals surface area contributed by atoms with Gasteiger partial charge in [0.1, 0.15) is 18.0 Å². The molecular weight excluding hydrogens is 388 g/mol. The van der Waals surface area contributed by atoms with Gasteiger partial charge < -0.3 is 23.7 Å². The number of hydrogen-bond donors (Lipinski definition) is 1. The molecule has 0 aliphatic heterocycles. The lowest BCUT2D eigenvalue weighted by molar-refractivity contribution is -0.147. The van der Waals surface area contributed by atoms with Gasteiger partial charge >= 0.3 is 5.97 Å². The summed E-state index contributed by atoms with van der Waals surface area (Å²) in [5, 5.41) is 10.5. The predicted octanol–water partition coefficient (Wildman–Crippen LogP) is 4.08. The molecule has 1 aromatic rings. The Labute approximate surface area is 175 Å². The van der Waals surface area contributed by atoms with Crippen LogP contribution in [0, 0.1) is 0 Å². The number of carbonyl (C=O) groups is 1. The first-order valence-corrected chi connectivity index (χ1v) is 12.7. The fourth-order valence-corrected chi connectivity index (χ4v) is 3.83. The van der Waals surface area contributed by atoms with Crippen LogP contribution in [0.1, 0.15) is 32.8 Å². The van der Waals surface area contributed by atoms with Crippen LogP contribution >= 0.6 is 0 Å². The Kier molecular flexibility index (Phi) is 9.55. The zero-order valence-electron chi connectivity index (χ0n) is 18.7. The molecule has 29 heavy (non-hydrogen) atoms. The van der Waals surface area contributed by atoms with Crippen molar-refractivity contribution in [2.45, 2.75) is 70.2 Å². The summed E-state index contributed by atoms with van der Waals surface area (Å²) in [6.07, 6.45) is -1.02. The highest BCUT2D eigenvalue weighted by atomic mass is 28.4. The number of ether oxygens (including phenoxy) is 3. The lowest BCUT2D eigenvalue weighted by Crippen LogP contribution is -2.51. The van der Waals surface area contributed by atoms with Crippen LogP contribution in [0.2, 0.25) is 18.1 Å². The van der Waals surface area contributed by atoms with Gasteiger partial charge in [0.25, 0.3) is 0 Å². The SMILES string of the molecule is C=C[C@H](O)[C@@H](OCc1ccc(OC)cc1)[C@@H](CC(=O)OC)O[Si](C)(C)C(C)(C)C. The van der Waals surface area contributed by atoms with Crippen LogP contribution in [0.4, 0.5) is 0 Å². The van der Waals surface area contributed by atoms with Crippen LogP contribution in [-0.4, -0.2) is 51.9 Å². The van der Waals surface area contributed by atoms with E-state index in [1.54, 1.807) is 7.11 Å². The summed E-state index contributed by atoms with van der Waals surface area (Å²) in [5.74, 6) is 0.337. The van der Waals surface area contributed by atoms with Crippen LogP contribution in [0.3, 0.4) is 0 Å². The van der Waals surface area contributed by atoms with E-state index in [4.69, 9.17) is 18.6 Å². The van der Waals surface area contributed by atoms with E-state index in [0.717, 1.165) is 11.3 Å². The quantitative estimate of drug-likeness (QED) is 0.328. The highest BCUT2D eigenvalue weighted by molar-refractivity contribution is 6.74. The third kappa shape index (κ3) is 7.58. The van der Waals surface area contributed by atoms with E-state index in [2.05, 4.69) is 40.4 Å². The number of carbonyl (C=O) groups excluding carboxylic acids is 1. The number of aliphatic hydroxyl groups excluding tert-OH is 1. The maximum atomic E-state index is 12.1. The molecule has 164 valence electrons. The summed E-state index contributed by atoms with van der Waals surface area (Å²) in [7, 11) is 0.706. The highest BCUT2D eigenvalue weighted by Gasteiger charge is 2.42. The Balaban J connectivity index is 3.09. The minimum absolute atomic E-state index is 0.0127. The Morgan fingerprint density at radius 3 is 2.24 bits per heavy atom. The van der Waals surface area contributed by atoms with Gasteiger partial charge in [-0.2, -0.15) is 0 Å². The second-order valence-electron chi connectivity index (χ2n) is 8.55. The van der Waals surface area contributed by atoms with Gasteiger partial charge in [-0.1, -0.05) is 39.0 Å². The zero-order valence-corrected chi connectivity index (χ0v) is 19.7. The molecule has 6 nitrogen and oxygen atoms in total. The van der Waals surface area contributed by atoms with Crippen molar-refractivity contribution < 1.29 is 28.5 Å². The third-order valence-electron chi connectivity index (χ3n) is 5.39. The minimum atomic E-state index is -2.24. The van der Waals surface area contributed by atoms with Crippen LogP contribution in [0.5, 0.6) is 5.75 Å². The van der Waals surface area contributed by atoms with Gasteiger partial charge in [-0.05, 0) is 35.8 Å². The topological polar surface area (TPSA) is 74.2 Å². The van der Waals surface area contributed by atoms with E-state index in [0.29, 0.717) is 0 Å². The molecule has 0 heterocycles. The molecule has 0 spiro atoms. The smallest absolute Gasteiger partial charge is 0.308 e. The summed E-state index contributed by atoms with van der Waals surface area (Å²) in [6, 6.07) is 7.46. The average Bonchev–Trinajstić information content (AvgIpc) is 2.66. The van der Waals surface area contributed by atoms with Crippen LogP contribution in [0.15, 0.2) is 36.9 Å². The molecule has 0 unspecified atom stereocenters. The van der Waals surface area contributed by atoms with E-state index in [1.165, 1.54) is 13.2 Å². The monoisotopic (exact) mass is 424 g/mol. The minimum Gasteiger partial charge on any atom is -0.497 e. The summed E-state index contributed by atoms with van der Waals surface area (Å²) in [4.78, 5) is 12.1. The van der Waals surface area contributed by atoms with Crippen molar-refractivity contribution in [2.75, 3.05) is 14.2 Å². The standard InChI is InChI=1S/C22H36O6Si/c1-9-18(23)21(27-15-16-10-12-17(25-5)13-11-16)19(14-20(24)26-6)28-29(7,8)22(2,3)4/h9-13,18-19,21,23H,1,14-15H2,2-8H3/t18-,19+,21+/m0/s1. The zero-order chi connectivity index (χ0) is 22.2. The third-order valence-corrected chi connectivity index (χ3v) is 9.90. The van der Waals surface area contributed by atoms with Crippen molar-refractivity contribution in [1.29, 1.82) is 0 Å². The largest absolute Gasteiger partial charge is 0.497 e. The second-order valence-corrected chi connectivity index (χ2v) is 13.3. The van der Waals surface area contributed by atoms with Crippen LogP contribution in [-0.2, 0) is 25.3 Å². The van der Waals surface area contributed by atoms with Crippen molar-refractivity contribution >= 4 is 14.3 Å². The van der Waals surface area contributed by atoms with E-state index in [-0.39, 0.29) is 18.1 Å². The Bertz CT molecular complexity index is 650.